The van der Waals surface area contributed by atoms with E-state index in [4.69, 9.17) is 0 Å². The molecule has 1 aliphatic heterocycles. The summed E-state index contributed by atoms with van der Waals surface area (Å²) in [7, 11) is 0. The monoisotopic (exact) mass is 328 g/mol. The lowest BCUT2D eigenvalue weighted by molar-refractivity contribution is 0.0500. The van der Waals surface area contributed by atoms with Gasteiger partial charge >= 0.3 is 0 Å². The number of aliphatic hydroxyl groups excluding tert-OH is 1. The first-order chi connectivity index (χ1) is 11.8. The van der Waals surface area contributed by atoms with Crippen LogP contribution in [0.15, 0.2) is 42.7 Å². The van der Waals surface area contributed by atoms with Crippen molar-refractivity contribution >= 4 is 0 Å². The van der Waals surface area contributed by atoms with E-state index in [1.165, 1.54) is 11.1 Å². The van der Waals surface area contributed by atoms with E-state index in [2.05, 4.69) is 58.4 Å². The quantitative estimate of drug-likeness (QED) is 0.844. The van der Waals surface area contributed by atoms with E-state index < -0.39 is 0 Å². The highest BCUT2D eigenvalue weighted by atomic mass is 16.3. The van der Waals surface area contributed by atoms with Crippen LogP contribution in [0.3, 0.4) is 0 Å². The van der Waals surface area contributed by atoms with Gasteiger partial charge in [0.05, 0.1) is 6.20 Å². The van der Waals surface area contributed by atoms with Crippen molar-refractivity contribution < 1.29 is 5.11 Å². The van der Waals surface area contributed by atoms with Crippen molar-refractivity contribution in [2.24, 2.45) is 0 Å². The molecule has 0 amide bonds. The van der Waals surface area contributed by atoms with Gasteiger partial charge in [0.1, 0.15) is 0 Å². The van der Waals surface area contributed by atoms with Crippen LogP contribution in [0.2, 0.25) is 0 Å². The summed E-state index contributed by atoms with van der Waals surface area (Å²) in [6.45, 7) is 8.29. The molecule has 5 heteroatoms. The van der Waals surface area contributed by atoms with Gasteiger partial charge in [-0.2, -0.15) is 5.10 Å². The predicted molar refractivity (Wildman–Crippen MR) is 95.5 cm³/mol. The number of nitrogens with zero attached hydrogens (tertiary/aromatic N) is 4. The van der Waals surface area contributed by atoms with Crippen LogP contribution in [-0.2, 0) is 19.6 Å². The van der Waals surface area contributed by atoms with Crippen LogP contribution in [-0.4, -0.2) is 57.0 Å². The Balaban J connectivity index is 1.60. The molecule has 0 saturated carbocycles. The van der Waals surface area contributed by atoms with Gasteiger partial charge in [-0.15, -0.1) is 0 Å². The fourth-order valence-corrected chi connectivity index (χ4v) is 3.47. The van der Waals surface area contributed by atoms with E-state index in [1.807, 2.05) is 10.9 Å². The first-order valence-corrected chi connectivity index (χ1v) is 8.91. The topological polar surface area (TPSA) is 44.5 Å². The molecule has 0 unspecified atom stereocenters. The molecule has 0 radical (unpaired) electrons. The van der Waals surface area contributed by atoms with Crippen LogP contribution in [0.5, 0.6) is 0 Å². The van der Waals surface area contributed by atoms with Crippen LogP contribution in [0.1, 0.15) is 24.5 Å². The molecular formula is C19H28N4O. The summed E-state index contributed by atoms with van der Waals surface area (Å²) in [6.07, 6.45) is 4.94. The van der Waals surface area contributed by atoms with Crippen LogP contribution < -0.4 is 0 Å². The summed E-state index contributed by atoms with van der Waals surface area (Å²) >= 11 is 0. The standard InChI is InChI=1S/C19H28N4O/c1-2-23-15-18(12-20-23)13-21-9-10-22(19(16-21)8-11-24)14-17-6-4-3-5-7-17/h3-7,12,15,19,24H,2,8-11,13-14,16H2,1H3/t19-/m1/s1. The minimum absolute atomic E-state index is 0.248. The summed E-state index contributed by atoms with van der Waals surface area (Å²) in [5.74, 6) is 0. The van der Waals surface area contributed by atoms with Crippen molar-refractivity contribution in [3.63, 3.8) is 0 Å². The van der Waals surface area contributed by atoms with E-state index in [-0.39, 0.29) is 6.61 Å². The van der Waals surface area contributed by atoms with Gasteiger partial charge in [-0.3, -0.25) is 14.5 Å². The molecule has 1 saturated heterocycles. The van der Waals surface area contributed by atoms with Gasteiger partial charge in [0.15, 0.2) is 0 Å². The lowest BCUT2D eigenvalue weighted by Gasteiger charge is -2.41. The normalized spacial score (nSPS) is 19.7. The summed E-state index contributed by atoms with van der Waals surface area (Å²) < 4.78 is 1.98. The summed E-state index contributed by atoms with van der Waals surface area (Å²) in [4.78, 5) is 5.00. The molecule has 5 nitrogen and oxygen atoms in total. The van der Waals surface area contributed by atoms with E-state index in [0.717, 1.165) is 45.7 Å². The van der Waals surface area contributed by atoms with Crippen LogP contribution in [0.4, 0.5) is 0 Å². The molecule has 2 aromatic rings. The molecule has 1 fully saturated rings. The molecule has 2 heterocycles. The molecule has 0 aliphatic carbocycles. The second kappa shape index (κ2) is 8.42. The van der Waals surface area contributed by atoms with Gasteiger partial charge in [-0.25, -0.2) is 0 Å². The number of aryl methyl sites for hydroxylation is 1. The van der Waals surface area contributed by atoms with Crippen molar-refractivity contribution in [1.29, 1.82) is 0 Å². The number of aliphatic hydroxyl groups is 1. The van der Waals surface area contributed by atoms with Gasteiger partial charge in [0, 0.05) is 63.7 Å². The third-order valence-electron chi connectivity index (χ3n) is 4.80. The predicted octanol–water partition coefficient (Wildman–Crippen LogP) is 1.97. The molecule has 1 atom stereocenters. The molecule has 1 N–H and O–H groups in total. The van der Waals surface area contributed by atoms with Gasteiger partial charge in [0.2, 0.25) is 0 Å². The minimum atomic E-state index is 0.248. The van der Waals surface area contributed by atoms with Gasteiger partial charge < -0.3 is 5.11 Å². The minimum Gasteiger partial charge on any atom is -0.396 e. The number of hydrogen-bond donors (Lipinski definition) is 1. The van der Waals surface area contributed by atoms with Gasteiger partial charge in [0.25, 0.3) is 0 Å². The van der Waals surface area contributed by atoms with E-state index >= 15 is 0 Å². The third-order valence-corrected chi connectivity index (χ3v) is 4.80. The molecule has 3 rings (SSSR count). The molecule has 130 valence electrons. The van der Waals surface area contributed by atoms with Crippen LogP contribution in [0, 0.1) is 0 Å². The maximum atomic E-state index is 9.46. The van der Waals surface area contributed by atoms with Gasteiger partial charge in [-0.05, 0) is 18.9 Å². The fourth-order valence-electron chi connectivity index (χ4n) is 3.47. The molecule has 1 aromatic heterocycles. The SMILES string of the molecule is CCn1cc(CN2CCN(Cc3ccccc3)[C@H](CCO)C2)cn1. The molecular weight excluding hydrogens is 300 g/mol. The highest BCUT2D eigenvalue weighted by Crippen LogP contribution is 2.18. The maximum Gasteiger partial charge on any atom is 0.0534 e. The second-order valence-electron chi connectivity index (χ2n) is 6.56. The Bertz CT molecular complexity index is 613. The van der Waals surface area contributed by atoms with Crippen LogP contribution in [0.25, 0.3) is 0 Å². The lowest BCUT2D eigenvalue weighted by atomic mass is 10.1. The van der Waals surface area contributed by atoms with Gasteiger partial charge in [-0.1, -0.05) is 30.3 Å². The third kappa shape index (κ3) is 4.44. The molecule has 0 bridgehead atoms. The lowest BCUT2D eigenvalue weighted by Crippen LogP contribution is -2.52. The zero-order valence-corrected chi connectivity index (χ0v) is 14.5. The van der Waals surface area contributed by atoms with Crippen molar-refractivity contribution in [1.82, 2.24) is 19.6 Å². The van der Waals surface area contributed by atoms with Crippen molar-refractivity contribution in [3.8, 4) is 0 Å². The first-order valence-electron chi connectivity index (χ1n) is 8.91. The Morgan fingerprint density at radius 2 is 1.96 bits per heavy atom. The average molecular weight is 328 g/mol. The Kier molecular flexibility index (Phi) is 6.01. The fraction of sp³-hybridized carbons (Fsp3) is 0.526. The van der Waals surface area contributed by atoms with E-state index in [1.54, 1.807) is 0 Å². The molecule has 1 aromatic carbocycles. The zero-order valence-electron chi connectivity index (χ0n) is 14.5. The van der Waals surface area contributed by atoms with Crippen LogP contribution >= 0.6 is 0 Å². The molecule has 1 aliphatic rings. The summed E-state index contributed by atoms with van der Waals surface area (Å²) in [6, 6.07) is 11.0. The number of benzene rings is 1. The summed E-state index contributed by atoms with van der Waals surface area (Å²) in [5, 5.41) is 13.8. The Labute approximate surface area is 144 Å². The van der Waals surface area contributed by atoms with E-state index in [0.29, 0.717) is 6.04 Å². The molecule has 24 heavy (non-hydrogen) atoms. The molecule has 0 spiro atoms. The Hall–Kier alpha value is -1.69. The average Bonchev–Trinajstić information content (AvgIpc) is 3.06. The van der Waals surface area contributed by atoms with Crippen molar-refractivity contribution in [2.75, 3.05) is 26.2 Å². The highest BCUT2D eigenvalue weighted by Gasteiger charge is 2.26. The van der Waals surface area contributed by atoms with Crippen molar-refractivity contribution in [3.05, 3.63) is 53.9 Å². The number of rotatable bonds is 7. The van der Waals surface area contributed by atoms with E-state index in [9.17, 15) is 5.11 Å². The number of piperazine rings is 1. The highest BCUT2D eigenvalue weighted by molar-refractivity contribution is 5.15. The first kappa shape index (κ1) is 17.1. The second-order valence-corrected chi connectivity index (χ2v) is 6.56. The Morgan fingerprint density at radius 1 is 1.12 bits per heavy atom. The maximum absolute atomic E-state index is 9.46. The van der Waals surface area contributed by atoms with Crippen molar-refractivity contribution in [2.45, 2.75) is 39.0 Å². The Morgan fingerprint density at radius 3 is 2.67 bits per heavy atom. The largest absolute Gasteiger partial charge is 0.396 e. The zero-order chi connectivity index (χ0) is 16.8. The number of hydrogen-bond acceptors (Lipinski definition) is 4. The smallest absolute Gasteiger partial charge is 0.0534 e. The number of aromatic nitrogens is 2. The summed E-state index contributed by atoms with van der Waals surface area (Å²) in [5.41, 5.74) is 2.62.